The lowest BCUT2D eigenvalue weighted by Gasteiger charge is -2.39. The average Bonchev–Trinajstić information content (AvgIpc) is 2.37. The Kier molecular flexibility index (Phi) is 3.61. The van der Waals surface area contributed by atoms with Gasteiger partial charge in [0.25, 0.3) is 0 Å². The van der Waals surface area contributed by atoms with E-state index in [1.807, 2.05) is 18.7 Å². The highest BCUT2D eigenvalue weighted by Crippen LogP contribution is 2.28. The van der Waals surface area contributed by atoms with Crippen molar-refractivity contribution in [2.45, 2.75) is 19.4 Å². The minimum absolute atomic E-state index is 0.256. The number of rotatable bonds is 2. The highest BCUT2D eigenvalue weighted by molar-refractivity contribution is 5.97. The Balaban J connectivity index is 2.32. The highest BCUT2D eigenvalue weighted by Gasteiger charge is 2.29. The van der Waals surface area contributed by atoms with Crippen molar-refractivity contribution in [3.05, 3.63) is 17.8 Å². The predicted molar refractivity (Wildman–Crippen MR) is 72.2 cm³/mol. The van der Waals surface area contributed by atoms with Gasteiger partial charge in [0, 0.05) is 19.3 Å². The van der Waals surface area contributed by atoms with E-state index in [1.165, 1.54) is 7.11 Å². The van der Waals surface area contributed by atoms with Gasteiger partial charge in [-0.05, 0) is 19.9 Å². The number of nitrogens with two attached hydrogens (primary N) is 1. The van der Waals surface area contributed by atoms with Gasteiger partial charge in [0.15, 0.2) is 5.82 Å². The second kappa shape index (κ2) is 5.05. The number of hydrogen-bond donors (Lipinski definition) is 1. The van der Waals surface area contributed by atoms with Crippen molar-refractivity contribution in [1.29, 1.82) is 0 Å². The number of esters is 1. The fourth-order valence-corrected chi connectivity index (χ4v) is 2.20. The smallest absolute Gasteiger partial charge is 0.340 e. The summed E-state index contributed by atoms with van der Waals surface area (Å²) in [6, 6.07) is 1.57. The third-order valence-corrected chi connectivity index (χ3v) is 3.10. The lowest BCUT2D eigenvalue weighted by molar-refractivity contribution is -0.0278. The van der Waals surface area contributed by atoms with Crippen LogP contribution in [0.15, 0.2) is 12.3 Å². The normalized spacial score (nSPS) is 18.2. The number of ether oxygens (including phenoxy) is 2. The van der Waals surface area contributed by atoms with E-state index < -0.39 is 5.97 Å². The molecule has 1 saturated heterocycles. The van der Waals surface area contributed by atoms with Crippen LogP contribution in [0.5, 0.6) is 0 Å². The molecule has 6 nitrogen and oxygen atoms in total. The molecule has 0 radical (unpaired) electrons. The number of hydrogen-bond acceptors (Lipinski definition) is 6. The topological polar surface area (TPSA) is 77.7 Å². The number of carbonyl (C=O) groups is 1. The maximum atomic E-state index is 11.6. The van der Waals surface area contributed by atoms with Crippen LogP contribution in [0.4, 0.5) is 11.5 Å². The van der Waals surface area contributed by atoms with Gasteiger partial charge in [0.2, 0.25) is 0 Å². The summed E-state index contributed by atoms with van der Waals surface area (Å²) in [4.78, 5) is 17.9. The van der Waals surface area contributed by atoms with E-state index in [-0.39, 0.29) is 5.60 Å². The molecule has 1 aromatic heterocycles. The number of nitrogens with zero attached hydrogens (tertiary/aromatic N) is 2. The van der Waals surface area contributed by atoms with Crippen LogP contribution in [-0.4, -0.2) is 43.4 Å². The first kappa shape index (κ1) is 13.6. The first-order chi connectivity index (χ1) is 8.94. The summed E-state index contributed by atoms with van der Waals surface area (Å²) in [5.74, 6) is 0.160. The second-order valence-corrected chi connectivity index (χ2v) is 5.12. The minimum atomic E-state index is -0.450. The van der Waals surface area contributed by atoms with Crippen LogP contribution in [0.25, 0.3) is 0 Å². The molecule has 104 valence electrons. The van der Waals surface area contributed by atoms with Gasteiger partial charge in [-0.2, -0.15) is 0 Å². The van der Waals surface area contributed by atoms with E-state index >= 15 is 0 Å². The fourth-order valence-electron chi connectivity index (χ4n) is 2.20. The maximum Gasteiger partial charge on any atom is 0.340 e. The Labute approximate surface area is 112 Å². The summed E-state index contributed by atoms with van der Waals surface area (Å²) in [6.07, 6.45) is 1.57. The molecule has 0 amide bonds. The zero-order valence-corrected chi connectivity index (χ0v) is 11.5. The zero-order chi connectivity index (χ0) is 14.0. The molecule has 1 aliphatic rings. The van der Waals surface area contributed by atoms with Gasteiger partial charge < -0.3 is 20.1 Å². The lowest BCUT2D eigenvalue weighted by Crippen LogP contribution is -2.48. The quantitative estimate of drug-likeness (QED) is 0.806. The molecule has 19 heavy (non-hydrogen) atoms. The molecule has 1 fully saturated rings. The van der Waals surface area contributed by atoms with Crippen molar-refractivity contribution < 1.29 is 14.3 Å². The van der Waals surface area contributed by atoms with Crippen LogP contribution < -0.4 is 10.6 Å². The number of aromatic nitrogens is 1. The van der Waals surface area contributed by atoms with Crippen molar-refractivity contribution >= 4 is 17.5 Å². The minimum Gasteiger partial charge on any atom is -0.465 e. The Bertz CT molecular complexity index is 488. The molecule has 0 bridgehead atoms. The summed E-state index contributed by atoms with van der Waals surface area (Å²) >= 11 is 0. The fraction of sp³-hybridized carbons (Fsp3) is 0.538. The second-order valence-electron chi connectivity index (χ2n) is 5.12. The van der Waals surface area contributed by atoms with Crippen molar-refractivity contribution in [2.24, 2.45) is 0 Å². The number of pyridine rings is 1. The summed E-state index contributed by atoms with van der Waals surface area (Å²) in [7, 11) is 1.33. The molecule has 2 rings (SSSR count). The van der Waals surface area contributed by atoms with Crippen LogP contribution in [0, 0.1) is 0 Å². The summed E-state index contributed by atoms with van der Waals surface area (Å²) in [5.41, 5.74) is 6.48. The zero-order valence-electron chi connectivity index (χ0n) is 11.5. The molecular weight excluding hydrogens is 246 g/mol. The summed E-state index contributed by atoms with van der Waals surface area (Å²) in [5, 5.41) is 0. The Morgan fingerprint density at radius 2 is 2.32 bits per heavy atom. The van der Waals surface area contributed by atoms with Gasteiger partial charge in [0.1, 0.15) is 0 Å². The number of morpholine rings is 1. The molecular formula is C13H19N3O3. The SMILES string of the molecule is COC(=O)c1ccnc(N2CCOC(C)(C)C2)c1N. The van der Waals surface area contributed by atoms with Gasteiger partial charge in [-0.1, -0.05) is 0 Å². The molecule has 0 spiro atoms. The number of carbonyl (C=O) groups excluding carboxylic acids is 1. The van der Waals surface area contributed by atoms with E-state index in [0.717, 1.165) is 0 Å². The van der Waals surface area contributed by atoms with Crippen molar-refractivity contribution in [2.75, 3.05) is 37.4 Å². The van der Waals surface area contributed by atoms with Crippen LogP contribution >= 0.6 is 0 Å². The molecule has 1 aliphatic heterocycles. The molecule has 2 heterocycles. The summed E-state index contributed by atoms with van der Waals surface area (Å²) < 4.78 is 10.4. The Morgan fingerprint density at radius 1 is 1.58 bits per heavy atom. The largest absolute Gasteiger partial charge is 0.465 e. The molecule has 1 aromatic rings. The first-order valence-corrected chi connectivity index (χ1v) is 6.16. The van der Waals surface area contributed by atoms with Crippen LogP contribution in [0.1, 0.15) is 24.2 Å². The van der Waals surface area contributed by atoms with E-state index in [9.17, 15) is 4.79 Å². The van der Waals surface area contributed by atoms with Gasteiger partial charge in [-0.15, -0.1) is 0 Å². The molecule has 0 atom stereocenters. The van der Waals surface area contributed by atoms with Crippen LogP contribution in [-0.2, 0) is 9.47 Å². The van der Waals surface area contributed by atoms with Gasteiger partial charge in [-0.25, -0.2) is 9.78 Å². The third-order valence-electron chi connectivity index (χ3n) is 3.10. The standard InChI is InChI=1S/C13H19N3O3/c1-13(2)8-16(6-7-19-13)11-10(14)9(4-5-15-11)12(17)18-3/h4-5H,6-8,14H2,1-3H3. The van der Waals surface area contributed by atoms with Gasteiger partial charge in [-0.3, -0.25) is 0 Å². The lowest BCUT2D eigenvalue weighted by atomic mass is 10.1. The molecule has 2 N–H and O–H groups in total. The van der Waals surface area contributed by atoms with Crippen molar-refractivity contribution in [3.8, 4) is 0 Å². The van der Waals surface area contributed by atoms with E-state index in [0.29, 0.717) is 36.8 Å². The Hall–Kier alpha value is -1.82. The third kappa shape index (κ3) is 2.78. The molecule has 0 unspecified atom stereocenters. The van der Waals surface area contributed by atoms with Crippen LogP contribution in [0.3, 0.4) is 0 Å². The van der Waals surface area contributed by atoms with E-state index in [1.54, 1.807) is 12.3 Å². The van der Waals surface area contributed by atoms with E-state index in [4.69, 9.17) is 15.2 Å². The number of nitrogen functional groups attached to an aromatic ring is 1. The van der Waals surface area contributed by atoms with Gasteiger partial charge >= 0.3 is 5.97 Å². The number of anilines is 2. The van der Waals surface area contributed by atoms with Gasteiger partial charge in [0.05, 0.1) is 30.6 Å². The van der Waals surface area contributed by atoms with E-state index in [2.05, 4.69) is 4.98 Å². The average molecular weight is 265 g/mol. The number of methoxy groups -OCH3 is 1. The monoisotopic (exact) mass is 265 g/mol. The molecule has 0 aromatic carbocycles. The molecule has 6 heteroatoms. The highest BCUT2D eigenvalue weighted by atomic mass is 16.5. The maximum absolute atomic E-state index is 11.6. The summed E-state index contributed by atoms with van der Waals surface area (Å²) in [6.45, 7) is 6.01. The van der Waals surface area contributed by atoms with Crippen LogP contribution in [0.2, 0.25) is 0 Å². The van der Waals surface area contributed by atoms with Crippen molar-refractivity contribution in [1.82, 2.24) is 4.98 Å². The molecule has 0 aliphatic carbocycles. The molecule has 0 saturated carbocycles. The Morgan fingerprint density at radius 3 is 2.95 bits per heavy atom. The first-order valence-electron chi connectivity index (χ1n) is 6.16. The predicted octanol–water partition coefficient (Wildman–Crippen LogP) is 1.07. The van der Waals surface area contributed by atoms with Crippen molar-refractivity contribution in [3.63, 3.8) is 0 Å².